The molecule has 0 spiro atoms. The smallest absolute Gasteiger partial charge is 0.216 e. The van der Waals surface area contributed by atoms with Gasteiger partial charge in [0.25, 0.3) is 0 Å². The van der Waals surface area contributed by atoms with Gasteiger partial charge in [-0.15, -0.1) is 0 Å². The van der Waals surface area contributed by atoms with Gasteiger partial charge in [-0.05, 0) is 30.5 Å². The molecule has 1 aliphatic rings. The van der Waals surface area contributed by atoms with E-state index in [9.17, 15) is 8.42 Å². The summed E-state index contributed by atoms with van der Waals surface area (Å²) in [5, 5.41) is -0.372. The summed E-state index contributed by atoms with van der Waals surface area (Å²) in [6, 6.07) is 7.75. The van der Waals surface area contributed by atoms with Crippen LogP contribution in [0.5, 0.6) is 5.75 Å². The lowest BCUT2D eigenvalue weighted by Gasteiger charge is -2.33. The molecule has 5 nitrogen and oxygen atoms in total. The van der Waals surface area contributed by atoms with Gasteiger partial charge in [0.2, 0.25) is 10.0 Å². The molecular formula is C15H23NO4S. The minimum Gasteiger partial charge on any atom is -0.497 e. The van der Waals surface area contributed by atoms with Crippen molar-refractivity contribution in [1.29, 1.82) is 0 Å². The Kier molecular flexibility index (Phi) is 5.24. The maximum atomic E-state index is 12.4. The normalized spacial score (nSPS) is 23.2. The van der Waals surface area contributed by atoms with Gasteiger partial charge in [-0.1, -0.05) is 12.1 Å². The largest absolute Gasteiger partial charge is 0.497 e. The van der Waals surface area contributed by atoms with E-state index in [0.717, 1.165) is 11.3 Å². The second-order valence-electron chi connectivity index (χ2n) is 5.54. The van der Waals surface area contributed by atoms with Crippen molar-refractivity contribution in [3.63, 3.8) is 0 Å². The lowest BCUT2D eigenvalue weighted by molar-refractivity contribution is 0.0563. The highest BCUT2D eigenvalue weighted by Crippen LogP contribution is 2.27. The molecule has 0 radical (unpaired) electrons. The van der Waals surface area contributed by atoms with Crippen molar-refractivity contribution in [3.05, 3.63) is 29.8 Å². The summed E-state index contributed by atoms with van der Waals surface area (Å²) in [4.78, 5) is 0. The first kappa shape index (κ1) is 16.3. The fourth-order valence-electron chi connectivity index (χ4n) is 2.69. The molecule has 0 saturated carbocycles. The van der Waals surface area contributed by atoms with Crippen LogP contribution in [0.3, 0.4) is 0 Å². The van der Waals surface area contributed by atoms with E-state index in [1.54, 1.807) is 21.2 Å². The summed E-state index contributed by atoms with van der Waals surface area (Å²) in [6.45, 7) is 1.00. The van der Waals surface area contributed by atoms with E-state index in [0.29, 0.717) is 26.1 Å². The third kappa shape index (κ3) is 3.75. The Hall–Kier alpha value is -1.11. The Balaban J connectivity index is 2.15. The number of sulfonamides is 1. The monoisotopic (exact) mass is 313 g/mol. The van der Waals surface area contributed by atoms with Gasteiger partial charge in [0.05, 0.1) is 19.0 Å². The van der Waals surface area contributed by atoms with Gasteiger partial charge < -0.3 is 9.47 Å². The van der Waals surface area contributed by atoms with Crippen LogP contribution >= 0.6 is 0 Å². The summed E-state index contributed by atoms with van der Waals surface area (Å²) < 4.78 is 36.8. The first-order valence-corrected chi connectivity index (χ1v) is 8.57. The minimum absolute atomic E-state index is 0.0143. The first-order valence-electron chi connectivity index (χ1n) is 7.07. The van der Waals surface area contributed by atoms with Crippen LogP contribution < -0.4 is 4.74 Å². The predicted molar refractivity (Wildman–Crippen MR) is 82.0 cm³/mol. The Morgan fingerprint density at radius 2 is 1.95 bits per heavy atom. The molecule has 1 aliphatic heterocycles. The van der Waals surface area contributed by atoms with Crippen molar-refractivity contribution >= 4 is 10.0 Å². The molecule has 118 valence electrons. The molecule has 2 unspecified atom stereocenters. The SMILES string of the molecule is COc1ccc(CC2COCCC2S(=O)(=O)N(C)C)cc1. The van der Waals surface area contributed by atoms with E-state index in [2.05, 4.69) is 0 Å². The molecule has 1 aromatic rings. The van der Waals surface area contributed by atoms with Crippen LogP contribution in [0.15, 0.2) is 24.3 Å². The zero-order valence-corrected chi connectivity index (χ0v) is 13.6. The molecule has 1 aromatic carbocycles. The molecule has 6 heteroatoms. The zero-order valence-electron chi connectivity index (χ0n) is 12.8. The summed E-state index contributed by atoms with van der Waals surface area (Å²) in [6.07, 6.45) is 1.25. The minimum atomic E-state index is -3.25. The lowest BCUT2D eigenvalue weighted by atomic mass is 9.93. The van der Waals surface area contributed by atoms with Crippen LogP contribution in [0, 0.1) is 5.92 Å². The maximum absolute atomic E-state index is 12.4. The van der Waals surface area contributed by atoms with E-state index >= 15 is 0 Å². The molecule has 1 fully saturated rings. The Morgan fingerprint density at radius 3 is 2.52 bits per heavy atom. The van der Waals surface area contributed by atoms with E-state index in [1.165, 1.54) is 4.31 Å². The van der Waals surface area contributed by atoms with Crippen molar-refractivity contribution in [2.75, 3.05) is 34.4 Å². The van der Waals surface area contributed by atoms with Gasteiger partial charge in [0, 0.05) is 26.6 Å². The van der Waals surface area contributed by atoms with Crippen molar-refractivity contribution in [1.82, 2.24) is 4.31 Å². The molecule has 0 N–H and O–H groups in total. The molecule has 21 heavy (non-hydrogen) atoms. The van der Waals surface area contributed by atoms with Crippen LogP contribution in [0.2, 0.25) is 0 Å². The Bertz CT molecular complexity index is 554. The van der Waals surface area contributed by atoms with Crippen molar-refractivity contribution in [2.24, 2.45) is 5.92 Å². The first-order chi connectivity index (χ1) is 9.95. The quantitative estimate of drug-likeness (QED) is 0.827. The summed E-state index contributed by atoms with van der Waals surface area (Å²) >= 11 is 0. The molecule has 0 aromatic heterocycles. The topological polar surface area (TPSA) is 55.8 Å². The number of methoxy groups -OCH3 is 1. The summed E-state index contributed by atoms with van der Waals surface area (Å²) in [5.41, 5.74) is 1.10. The fraction of sp³-hybridized carbons (Fsp3) is 0.600. The van der Waals surface area contributed by atoms with E-state index < -0.39 is 10.0 Å². The summed E-state index contributed by atoms with van der Waals surface area (Å²) in [5.74, 6) is 0.788. The predicted octanol–water partition coefficient (Wildman–Crippen LogP) is 1.53. The highest BCUT2D eigenvalue weighted by molar-refractivity contribution is 7.89. The van der Waals surface area contributed by atoms with Crippen molar-refractivity contribution in [2.45, 2.75) is 18.1 Å². The zero-order chi connectivity index (χ0) is 15.5. The van der Waals surface area contributed by atoms with Gasteiger partial charge in [-0.25, -0.2) is 12.7 Å². The van der Waals surface area contributed by atoms with E-state index in [-0.39, 0.29) is 11.2 Å². The van der Waals surface area contributed by atoms with Crippen LogP contribution in [-0.2, 0) is 21.2 Å². The molecule has 0 aliphatic carbocycles. The van der Waals surface area contributed by atoms with Gasteiger partial charge >= 0.3 is 0 Å². The van der Waals surface area contributed by atoms with Crippen molar-refractivity contribution < 1.29 is 17.9 Å². The number of hydrogen-bond donors (Lipinski definition) is 0. The van der Waals surface area contributed by atoms with Gasteiger partial charge in [-0.3, -0.25) is 0 Å². The second-order valence-corrected chi connectivity index (χ2v) is 7.91. The molecule has 0 bridgehead atoms. The number of hydrogen-bond acceptors (Lipinski definition) is 4. The standard InChI is InChI=1S/C15H23NO4S/c1-16(2)21(17,18)15-8-9-20-11-13(15)10-12-4-6-14(19-3)7-5-12/h4-7,13,15H,8-11H2,1-3H3. The Labute approximate surface area is 126 Å². The highest BCUT2D eigenvalue weighted by Gasteiger charge is 2.37. The maximum Gasteiger partial charge on any atom is 0.216 e. The lowest BCUT2D eigenvalue weighted by Crippen LogP contribution is -2.44. The van der Waals surface area contributed by atoms with Gasteiger partial charge in [0.15, 0.2) is 0 Å². The van der Waals surface area contributed by atoms with E-state index in [4.69, 9.17) is 9.47 Å². The van der Waals surface area contributed by atoms with Crippen molar-refractivity contribution in [3.8, 4) is 5.75 Å². The average molecular weight is 313 g/mol. The average Bonchev–Trinajstić information content (AvgIpc) is 2.48. The number of benzene rings is 1. The summed E-state index contributed by atoms with van der Waals surface area (Å²) in [7, 11) is 1.56. The molecule has 2 atom stereocenters. The van der Waals surface area contributed by atoms with Crippen LogP contribution in [0.1, 0.15) is 12.0 Å². The molecule has 1 heterocycles. The third-order valence-electron chi connectivity index (χ3n) is 3.95. The number of rotatable bonds is 5. The molecule has 2 rings (SSSR count). The Morgan fingerprint density at radius 1 is 1.29 bits per heavy atom. The number of ether oxygens (including phenoxy) is 2. The molecular weight excluding hydrogens is 290 g/mol. The van der Waals surface area contributed by atoms with Gasteiger partial charge in [-0.2, -0.15) is 0 Å². The second kappa shape index (κ2) is 6.77. The van der Waals surface area contributed by atoms with Crippen LogP contribution in [-0.4, -0.2) is 52.4 Å². The highest BCUT2D eigenvalue weighted by atomic mass is 32.2. The third-order valence-corrected chi connectivity index (χ3v) is 6.36. The molecule has 1 saturated heterocycles. The van der Waals surface area contributed by atoms with E-state index in [1.807, 2.05) is 24.3 Å². The van der Waals surface area contributed by atoms with Gasteiger partial charge in [0.1, 0.15) is 5.75 Å². The van der Waals surface area contributed by atoms with Crippen LogP contribution in [0.25, 0.3) is 0 Å². The van der Waals surface area contributed by atoms with Crippen LogP contribution in [0.4, 0.5) is 0 Å². The number of nitrogens with zero attached hydrogens (tertiary/aromatic N) is 1. The molecule has 0 amide bonds. The fourth-order valence-corrected chi connectivity index (χ4v) is 4.29.